The van der Waals surface area contributed by atoms with Gasteiger partial charge in [0.2, 0.25) is 5.91 Å². The van der Waals surface area contributed by atoms with E-state index in [9.17, 15) is 17.8 Å². The van der Waals surface area contributed by atoms with Crippen molar-refractivity contribution in [1.29, 1.82) is 0 Å². The minimum atomic E-state index is -4.41. The smallest absolute Gasteiger partial charge is 0.221 e. The van der Waals surface area contributed by atoms with Crippen molar-refractivity contribution in [1.82, 2.24) is 0 Å². The van der Waals surface area contributed by atoms with E-state index in [1.165, 1.54) is 19.1 Å². The number of carbonyl (C=O) groups excluding carboxylic acids is 1. The molecule has 0 aliphatic rings. The van der Waals surface area contributed by atoms with Gasteiger partial charge in [-0.05, 0) is 24.3 Å². The maximum atomic E-state index is 10.6. The first kappa shape index (κ1) is 16.8. The van der Waals surface area contributed by atoms with Gasteiger partial charge < -0.3 is 9.87 Å². The number of nitrogens with zero attached hydrogens (tertiary/aromatic N) is 1. The number of aryl methyl sites for hydroxylation is 1. The van der Waals surface area contributed by atoms with Gasteiger partial charge in [-0.3, -0.25) is 4.79 Å². The maximum Gasteiger partial charge on any atom is 0.221 e. The Kier molecular flexibility index (Phi) is 6.01. The molecular weight excluding hydrogens is 292 g/mol. The summed E-state index contributed by atoms with van der Waals surface area (Å²) in [7, 11) is -2.41. The molecule has 1 heterocycles. The van der Waals surface area contributed by atoms with Crippen molar-refractivity contribution in [2.24, 2.45) is 7.05 Å². The second kappa shape index (κ2) is 7.51. The summed E-state index contributed by atoms with van der Waals surface area (Å²) >= 11 is 0. The normalized spacial score (nSPS) is 10.2. The zero-order valence-electron chi connectivity index (χ0n) is 11.7. The highest BCUT2D eigenvalue weighted by atomic mass is 32.2. The molecule has 2 aromatic rings. The molecule has 0 radical (unpaired) electrons. The van der Waals surface area contributed by atoms with E-state index >= 15 is 0 Å². The van der Waals surface area contributed by atoms with E-state index in [4.69, 9.17) is 0 Å². The zero-order chi connectivity index (χ0) is 15.9. The van der Waals surface area contributed by atoms with Gasteiger partial charge in [-0.2, -0.15) is 0 Å². The number of hydrogen-bond acceptors (Lipinski definition) is 4. The number of carbonyl (C=O) groups is 1. The summed E-state index contributed by atoms with van der Waals surface area (Å²) in [4.78, 5) is 10.3. The molecule has 0 fully saturated rings. The molecule has 0 unspecified atom stereocenters. The Labute approximate surface area is 123 Å². The molecule has 7 heteroatoms. The van der Waals surface area contributed by atoms with Gasteiger partial charge in [-0.1, -0.05) is 6.07 Å². The highest BCUT2D eigenvalue weighted by Crippen LogP contribution is 2.13. The topological polar surface area (TPSA) is 90.2 Å². The lowest BCUT2D eigenvalue weighted by atomic mass is 10.3. The number of aromatic nitrogens is 1. The van der Waals surface area contributed by atoms with E-state index in [0.717, 1.165) is 12.1 Å². The Morgan fingerprint density at radius 2 is 1.62 bits per heavy atom. The van der Waals surface area contributed by atoms with E-state index in [0.29, 0.717) is 5.69 Å². The third-order valence-corrected chi connectivity index (χ3v) is 3.18. The van der Waals surface area contributed by atoms with Crippen LogP contribution in [0, 0.1) is 0 Å². The van der Waals surface area contributed by atoms with E-state index in [1.807, 2.05) is 42.2 Å². The number of pyridine rings is 1. The first-order valence-corrected chi connectivity index (χ1v) is 7.43. The van der Waals surface area contributed by atoms with E-state index in [-0.39, 0.29) is 10.8 Å². The lowest BCUT2D eigenvalue weighted by Gasteiger charge is -2.07. The molecule has 0 aliphatic carbocycles. The lowest BCUT2D eigenvalue weighted by molar-refractivity contribution is -0.671. The summed E-state index contributed by atoms with van der Waals surface area (Å²) in [6, 6.07) is 11.0. The Balaban J connectivity index is 0.000000262. The summed E-state index contributed by atoms with van der Waals surface area (Å²) in [5, 5.41) is 2.45. The first-order chi connectivity index (χ1) is 9.79. The third-order valence-electron chi connectivity index (χ3n) is 2.33. The number of benzene rings is 1. The standard InChI is InChI=1S/C8H9NO4S.C6H8N/c1-6(10)9-7-2-4-8(5-3-7)14(11,12)13;1-7-5-3-2-4-6-7/h2-5H,1H3,(H,9,10)(H,11,12,13);2-6H,1H3/q;+1/p-1. The van der Waals surface area contributed by atoms with Crippen molar-refractivity contribution in [3.8, 4) is 0 Å². The summed E-state index contributed by atoms with van der Waals surface area (Å²) in [6.07, 6.45) is 4.00. The van der Waals surface area contributed by atoms with E-state index in [1.54, 1.807) is 0 Å². The molecule has 6 nitrogen and oxygen atoms in total. The highest BCUT2D eigenvalue weighted by Gasteiger charge is 2.01. The van der Waals surface area contributed by atoms with Crippen LogP contribution in [0.15, 0.2) is 59.8 Å². The minimum Gasteiger partial charge on any atom is -0.744 e. The molecule has 1 aromatic heterocycles. The number of anilines is 1. The summed E-state index contributed by atoms with van der Waals surface area (Å²) in [5.41, 5.74) is 0.449. The van der Waals surface area contributed by atoms with Crippen LogP contribution in [0.3, 0.4) is 0 Å². The molecule has 2 rings (SSSR count). The molecular formula is C14H16N2O4S. The van der Waals surface area contributed by atoms with Crippen LogP contribution in [0.4, 0.5) is 5.69 Å². The van der Waals surface area contributed by atoms with Gasteiger partial charge in [0.1, 0.15) is 17.2 Å². The SMILES string of the molecule is CC(=O)Nc1ccc(S(=O)(=O)[O-])cc1.C[n+]1ccccc1. The summed E-state index contributed by atoms with van der Waals surface area (Å²) in [5.74, 6) is -0.261. The Morgan fingerprint density at radius 1 is 1.10 bits per heavy atom. The second-order valence-electron chi connectivity index (χ2n) is 4.20. The van der Waals surface area contributed by atoms with Gasteiger partial charge in [0.05, 0.1) is 4.90 Å². The third kappa shape index (κ3) is 6.64. The Bertz CT molecular complexity index is 683. The number of hydrogen-bond donors (Lipinski definition) is 1. The van der Waals surface area contributed by atoms with Crippen LogP contribution in [-0.2, 0) is 22.0 Å². The number of nitrogens with one attached hydrogen (secondary N) is 1. The summed E-state index contributed by atoms with van der Waals surface area (Å²) < 4.78 is 33.6. The highest BCUT2D eigenvalue weighted by molar-refractivity contribution is 7.85. The number of rotatable bonds is 2. The lowest BCUT2D eigenvalue weighted by Crippen LogP contribution is -2.25. The molecule has 0 bridgehead atoms. The molecule has 0 atom stereocenters. The monoisotopic (exact) mass is 308 g/mol. The molecule has 0 aliphatic heterocycles. The van der Waals surface area contributed by atoms with Gasteiger partial charge in [0.25, 0.3) is 0 Å². The molecule has 21 heavy (non-hydrogen) atoms. The zero-order valence-corrected chi connectivity index (χ0v) is 12.5. The van der Waals surface area contributed by atoms with Crippen LogP contribution in [0.1, 0.15) is 6.92 Å². The fraction of sp³-hybridized carbons (Fsp3) is 0.143. The quantitative estimate of drug-likeness (QED) is 0.663. The summed E-state index contributed by atoms with van der Waals surface area (Å²) in [6.45, 7) is 1.33. The van der Waals surface area contributed by atoms with Crippen molar-refractivity contribution in [2.45, 2.75) is 11.8 Å². The average Bonchev–Trinajstić information content (AvgIpc) is 2.39. The molecule has 0 saturated carbocycles. The second-order valence-corrected chi connectivity index (χ2v) is 5.58. The van der Waals surface area contributed by atoms with Crippen LogP contribution in [0.25, 0.3) is 0 Å². The minimum absolute atomic E-state index is 0.261. The van der Waals surface area contributed by atoms with Crippen LogP contribution in [-0.4, -0.2) is 18.9 Å². The van der Waals surface area contributed by atoms with Crippen LogP contribution in [0.5, 0.6) is 0 Å². The fourth-order valence-electron chi connectivity index (χ4n) is 1.39. The Morgan fingerprint density at radius 3 is 1.95 bits per heavy atom. The molecule has 0 saturated heterocycles. The molecule has 112 valence electrons. The number of amides is 1. The van der Waals surface area contributed by atoms with Crippen molar-refractivity contribution in [3.05, 3.63) is 54.9 Å². The van der Waals surface area contributed by atoms with Gasteiger partial charge in [-0.15, -0.1) is 0 Å². The van der Waals surface area contributed by atoms with Crippen molar-refractivity contribution in [3.63, 3.8) is 0 Å². The Hall–Kier alpha value is -2.25. The first-order valence-electron chi connectivity index (χ1n) is 6.03. The molecule has 1 N–H and O–H groups in total. The van der Waals surface area contributed by atoms with Gasteiger partial charge in [0.15, 0.2) is 12.4 Å². The average molecular weight is 308 g/mol. The predicted octanol–water partition coefficient (Wildman–Crippen LogP) is 1.06. The van der Waals surface area contributed by atoms with E-state index in [2.05, 4.69) is 5.32 Å². The van der Waals surface area contributed by atoms with Crippen LogP contribution in [0.2, 0.25) is 0 Å². The van der Waals surface area contributed by atoms with Crippen LogP contribution >= 0.6 is 0 Å². The predicted molar refractivity (Wildman–Crippen MR) is 76.3 cm³/mol. The van der Waals surface area contributed by atoms with Crippen molar-refractivity contribution in [2.75, 3.05) is 5.32 Å². The maximum absolute atomic E-state index is 10.6. The van der Waals surface area contributed by atoms with Crippen molar-refractivity contribution < 1.29 is 22.3 Å². The largest absolute Gasteiger partial charge is 0.744 e. The molecule has 1 amide bonds. The van der Waals surface area contributed by atoms with Crippen molar-refractivity contribution >= 4 is 21.7 Å². The molecule has 1 aromatic carbocycles. The van der Waals surface area contributed by atoms with Crippen LogP contribution < -0.4 is 9.88 Å². The van der Waals surface area contributed by atoms with E-state index < -0.39 is 10.1 Å². The molecule has 0 spiro atoms. The van der Waals surface area contributed by atoms with Gasteiger partial charge in [0, 0.05) is 24.7 Å². The fourth-order valence-corrected chi connectivity index (χ4v) is 1.86. The van der Waals surface area contributed by atoms with Gasteiger partial charge >= 0.3 is 0 Å². The van der Waals surface area contributed by atoms with Gasteiger partial charge in [-0.25, -0.2) is 13.0 Å².